The van der Waals surface area contributed by atoms with Crippen molar-refractivity contribution in [1.82, 2.24) is 4.90 Å². The number of nitrogens with zero attached hydrogens (tertiary/aromatic N) is 1. The fourth-order valence-corrected chi connectivity index (χ4v) is 4.97. The predicted molar refractivity (Wildman–Crippen MR) is 110 cm³/mol. The fraction of sp³-hybridized carbons (Fsp3) is 0.316. The van der Waals surface area contributed by atoms with Gasteiger partial charge >= 0.3 is 0 Å². The maximum Gasteiger partial charge on any atom is 0.262 e. The summed E-state index contributed by atoms with van der Waals surface area (Å²) in [4.78, 5) is 14.6. The van der Waals surface area contributed by atoms with E-state index in [1.54, 1.807) is 29.2 Å². The summed E-state index contributed by atoms with van der Waals surface area (Å²) in [6, 6.07) is 10.5. The molecule has 1 N–H and O–H groups in total. The predicted octanol–water partition coefficient (Wildman–Crippen LogP) is 4.04. The zero-order valence-electron chi connectivity index (χ0n) is 15.4. The number of ether oxygens (including phenoxy) is 1. The molecular formula is C19H20Cl2N2O4S. The van der Waals surface area contributed by atoms with Gasteiger partial charge in [0.2, 0.25) is 0 Å². The number of anilines is 1. The highest BCUT2D eigenvalue weighted by Gasteiger charge is 2.28. The highest BCUT2D eigenvalue weighted by atomic mass is 35.5. The van der Waals surface area contributed by atoms with Crippen molar-refractivity contribution in [2.75, 3.05) is 17.8 Å². The standard InChI is InChI=1S/C19H20Cl2N2O4S/c1-12-10-23(11-13(2)27-12)19(24)17-5-3-4-6-18(17)22-28(25,26)16-8-14(20)7-15(21)9-16/h3-9,12-13,22H,10-11H2,1-2H3. The number of rotatable bonds is 4. The number of amides is 1. The van der Waals surface area contributed by atoms with E-state index in [0.717, 1.165) is 0 Å². The topological polar surface area (TPSA) is 75.7 Å². The fourth-order valence-electron chi connectivity index (χ4n) is 3.16. The normalized spacial score (nSPS) is 20.1. The molecule has 1 amide bonds. The molecule has 3 rings (SSSR count). The van der Waals surface area contributed by atoms with E-state index >= 15 is 0 Å². The molecule has 1 fully saturated rings. The Morgan fingerprint density at radius 3 is 2.25 bits per heavy atom. The first-order chi connectivity index (χ1) is 13.2. The van der Waals surface area contributed by atoms with Crippen LogP contribution in [0.2, 0.25) is 10.0 Å². The molecule has 0 aliphatic carbocycles. The van der Waals surface area contributed by atoms with E-state index in [9.17, 15) is 13.2 Å². The van der Waals surface area contributed by atoms with Gasteiger partial charge in [-0.05, 0) is 44.2 Å². The number of hydrogen-bond donors (Lipinski definition) is 1. The van der Waals surface area contributed by atoms with Crippen LogP contribution < -0.4 is 4.72 Å². The Morgan fingerprint density at radius 2 is 1.64 bits per heavy atom. The first-order valence-electron chi connectivity index (χ1n) is 8.68. The van der Waals surface area contributed by atoms with E-state index < -0.39 is 10.0 Å². The molecule has 2 aromatic carbocycles. The summed E-state index contributed by atoms with van der Waals surface area (Å²) in [6.45, 7) is 4.67. The van der Waals surface area contributed by atoms with Crippen molar-refractivity contribution < 1.29 is 17.9 Å². The van der Waals surface area contributed by atoms with Gasteiger partial charge in [-0.3, -0.25) is 9.52 Å². The number of carbonyl (C=O) groups excluding carboxylic acids is 1. The molecule has 28 heavy (non-hydrogen) atoms. The summed E-state index contributed by atoms with van der Waals surface area (Å²) in [5, 5.41) is 0.405. The lowest BCUT2D eigenvalue weighted by Gasteiger charge is -2.35. The lowest BCUT2D eigenvalue weighted by Crippen LogP contribution is -2.48. The van der Waals surface area contributed by atoms with E-state index in [0.29, 0.717) is 13.1 Å². The average Bonchev–Trinajstić information content (AvgIpc) is 2.59. The SMILES string of the molecule is CC1CN(C(=O)c2ccccc2NS(=O)(=O)c2cc(Cl)cc(Cl)c2)CC(C)O1. The molecule has 0 bridgehead atoms. The molecule has 0 radical (unpaired) electrons. The second kappa shape index (κ2) is 8.29. The van der Waals surface area contributed by atoms with Crippen LogP contribution in [-0.4, -0.2) is 44.5 Å². The summed E-state index contributed by atoms with van der Waals surface area (Å²) in [5.74, 6) is -0.260. The largest absolute Gasteiger partial charge is 0.372 e. The van der Waals surface area contributed by atoms with Crippen LogP contribution in [0, 0.1) is 0 Å². The van der Waals surface area contributed by atoms with Crippen LogP contribution in [0.5, 0.6) is 0 Å². The molecule has 2 atom stereocenters. The molecule has 0 spiro atoms. The molecule has 1 saturated heterocycles. The van der Waals surface area contributed by atoms with E-state index in [4.69, 9.17) is 27.9 Å². The number of hydrogen-bond acceptors (Lipinski definition) is 4. The van der Waals surface area contributed by atoms with Gasteiger partial charge in [0.05, 0.1) is 28.4 Å². The van der Waals surface area contributed by atoms with Gasteiger partial charge in [-0.2, -0.15) is 0 Å². The van der Waals surface area contributed by atoms with Crippen molar-refractivity contribution in [3.8, 4) is 0 Å². The highest BCUT2D eigenvalue weighted by molar-refractivity contribution is 7.92. The molecule has 2 aromatic rings. The first-order valence-corrected chi connectivity index (χ1v) is 10.9. The first kappa shape index (κ1) is 20.9. The van der Waals surface area contributed by atoms with Crippen molar-refractivity contribution >= 4 is 44.8 Å². The molecule has 0 aromatic heterocycles. The second-order valence-electron chi connectivity index (χ2n) is 6.72. The molecule has 9 heteroatoms. The van der Waals surface area contributed by atoms with Crippen LogP contribution in [-0.2, 0) is 14.8 Å². The average molecular weight is 443 g/mol. The number of morpholine rings is 1. The van der Waals surface area contributed by atoms with Gasteiger partial charge in [0, 0.05) is 23.1 Å². The smallest absolute Gasteiger partial charge is 0.262 e. The van der Waals surface area contributed by atoms with Crippen molar-refractivity contribution in [1.29, 1.82) is 0 Å². The van der Waals surface area contributed by atoms with E-state index in [2.05, 4.69) is 4.72 Å². The van der Waals surface area contributed by atoms with Crippen molar-refractivity contribution in [3.05, 3.63) is 58.1 Å². The number of benzene rings is 2. The minimum Gasteiger partial charge on any atom is -0.372 e. The Hall–Kier alpha value is -1.80. The van der Waals surface area contributed by atoms with E-state index in [1.807, 2.05) is 13.8 Å². The molecule has 6 nitrogen and oxygen atoms in total. The van der Waals surface area contributed by atoms with Crippen molar-refractivity contribution in [2.24, 2.45) is 0 Å². The van der Waals surface area contributed by atoms with Gasteiger partial charge in [0.15, 0.2) is 0 Å². The Kier molecular flexibility index (Phi) is 6.19. The van der Waals surface area contributed by atoms with Crippen LogP contribution in [0.15, 0.2) is 47.4 Å². The molecule has 1 aliphatic rings. The number of sulfonamides is 1. The summed E-state index contributed by atoms with van der Waals surface area (Å²) < 4.78 is 33.7. The van der Waals surface area contributed by atoms with E-state index in [-0.39, 0.29) is 44.3 Å². The van der Waals surface area contributed by atoms with Crippen LogP contribution >= 0.6 is 23.2 Å². The van der Waals surface area contributed by atoms with Gasteiger partial charge in [0.25, 0.3) is 15.9 Å². The summed E-state index contributed by atoms with van der Waals surface area (Å²) >= 11 is 11.8. The summed E-state index contributed by atoms with van der Waals surface area (Å²) in [5.41, 5.74) is 0.455. The van der Waals surface area contributed by atoms with Gasteiger partial charge in [0.1, 0.15) is 0 Å². The van der Waals surface area contributed by atoms with Gasteiger partial charge < -0.3 is 9.64 Å². The molecule has 2 unspecified atom stereocenters. The van der Waals surface area contributed by atoms with Crippen LogP contribution in [0.3, 0.4) is 0 Å². The van der Waals surface area contributed by atoms with E-state index in [1.165, 1.54) is 18.2 Å². The monoisotopic (exact) mass is 442 g/mol. The second-order valence-corrected chi connectivity index (χ2v) is 9.28. The lowest BCUT2D eigenvalue weighted by molar-refractivity contribution is -0.0585. The highest BCUT2D eigenvalue weighted by Crippen LogP contribution is 2.26. The van der Waals surface area contributed by atoms with Gasteiger partial charge in [-0.25, -0.2) is 8.42 Å². The molecule has 1 aliphatic heterocycles. The summed E-state index contributed by atoms with van der Waals surface area (Å²) in [6.07, 6.45) is -0.185. The lowest BCUT2D eigenvalue weighted by atomic mass is 10.1. The Bertz CT molecular complexity index is 967. The third-order valence-electron chi connectivity index (χ3n) is 4.25. The minimum atomic E-state index is -3.98. The van der Waals surface area contributed by atoms with Crippen LogP contribution in [0.4, 0.5) is 5.69 Å². The van der Waals surface area contributed by atoms with Gasteiger partial charge in [-0.15, -0.1) is 0 Å². The Balaban J connectivity index is 1.91. The van der Waals surface area contributed by atoms with Crippen molar-refractivity contribution in [3.63, 3.8) is 0 Å². The third-order valence-corrected chi connectivity index (χ3v) is 6.04. The van der Waals surface area contributed by atoms with Crippen LogP contribution in [0.25, 0.3) is 0 Å². The maximum atomic E-state index is 13.0. The molecular weight excluding hydrogens is 423 g/mol. The number of carbonyl (C=O) groups is 1. The van der Waals surface area contributed by atoms with Crippen LogP contribution in [0.1, 0.15) is 24.2 Å². The minimum absolute atomic E-state index is 0.0825. The zero-order valence-corrected chi connectivity index (χ0v) is 17.7. The Morgan fingerprint density at radius 1 is 1.07 bits per heavy atom. The maximum absolute atomic E-state index is 13.0. The number of para-hydroxylation sites is 1. The molecule has 0 saturated carbocycles. The quantitative estimate of drug-likeness (QED) is 0.774. The Labute approximate surface area is 174 Å². The number of halogens is 2. The third kappa shape index (κ3) is 4.78. The summed E-state index contributed by atoms with van der Waals surface area (Å²) in [7, 11) is -3.98. The molecule has 1 heterocycles. The number of nitrogens with one attached hydrogen (secondary N) is 1. The molecule has 150 valence electrons. The van der Waals surface area contributed by atoms with Crippen molar-refractivity contribution in [2.45, 2.75) is 31.0 Å². The van der Waals surface area contributed by atoms with Gasteiger partial charge in [-0.1, -0.05) is 35.3 Å². The zero-order chi connectivity index (χ0) is 20.5.